The van der Waals surface area contributed by atoms with Crippen LogP contribution in [0.4, 0.5) is 0 Å². The van der Waals surface area contributed by atoms with E-state index in [1.165, 1.54) is 0 Å². The van der Waals surface area contributed by atoms with E-state index in [4.69, 9.17) is 5.73 Å². The fourth-order valence-electron chi connectivity index (χ4n) is 0.390. The monoisotopic (exact) mass is 128 g/mol. The topological polar surface area (TPSA) is 62.8 Å². The van der Waals surface area contributed by atoms with Crippen LogP contribution in [0, 0.1) is 0 Å². The van der Waals surface area contributed by atoms with Crippen LogP contribution in [-0.4, -0.2) is 32.8 Å². The summed E-state index contributed by atoms with van der Waals surface area (Å²) in [5.41, 5.74) is 5.21. The summed E-state index contributed by atoms with van der Waals surface area (Å²) in [5.74, 6) is 0.542. The van der Waals surface area contributed by atoms with Crippen LogP contribution < -0.4 is 11.1 Å². The van der Waals surface area contributed by atoms with Gasteiger partial charge in [-0.15, -0.1) is 0 Å². The zero-order valence-electron chi connectivity index (χ0n) is 5.59. The Labute approximate surface area is 54.9 Å². The van der Waals surface area contributed by atoms with E-state index in [0.717, 1.165) is 0 Å². The van der Waals surface area contributed by atoms with Crippen molar-refractivity contribution < 1.29 is 0 Å². The van der Waals surface area contributed by atoms with Crippen LogP contribution in [0.1, 0.15) is 0 Å². The molecule has 0 unspecified atom stereocenters. The Morgan fingerprint density at radius 1 is 1.78 bits per heavy atom. The molecule has 0 radical (unpaired) electrons. The molecule has 0 heterocycles. The van der Waals surface area contributed by atoms with Crippen LogP contribution in [0.15, 0.2) is 9.98 Å². The predicted molar refractivity (Wildman–Crippen MR) is 40.0 cm³/mol. The maximum Gasteiger partial charge on any atom is 0.217 e. The number of nitrogens with zero attached hydrogens (tertiary/aromatic N) is 2. The summed E-state index contributed by atoms with van der Waals surface area (Å²) in [6, 6.07) is 0. The van der Waals surface area contributed by atoms with Crippen LogP contribution in [0.2, 0.25) is 0 Å². The van der Waals surface area contributed by atoms with Gasteiger partial charge in [-0.25, -0.2) is 4.99 Å². The molecule has 0 aromatic carbocycles. The Hall–Kier alpha value is -0.900. The molecule has 52 valence electrons. The molecule has 0 aromatic rings. The Morgan fingerprint density at radius 3 is 2.78 bits per heavy atom. The number of rotatable bonds is 2. The summed E-state index contributed by atoms with van der Waals surface area (Å²) >= 11 is 0. The molecule has 0 aliphatic rings. The number of hydrogen-bond donors (Lipinski definition) is 2. The van der Waals surface area contributed by atoms with Gasteiger partial charge in [-0.3, -0.25) is 4.99 Å². The van der Waals surface area contributed by atoms with E-state index in [-0.39, 0.29) is 0 Å². The minimum absolute atomic E-state index is 0.542. The van der Waals surface area contributed by atoms with Gasteiger partial charge in [0.15, 0.2) is 0 Å². The van der Waals surface area contributed by atoms with Gasteiger partial charge in [0, 0.05) is 20.1 Å². The fraction of sp³-hybridized carbons (Fsp3) is 0.600. The molecule has 0 aliphatic carbocycles. The quantitative estimate of drug-likeness (QED) is 0.378. The van der Waals surface area contributed by atoms with Crippen molar-refractivity contribution in [1.29, 1.82) is 0 Å². The Balaban J connectivity index is 3.45. The normalized spacial score (nSPS) is 11.1. The van der Waals surface area contributed by atoms with Gasteiger partial charge < -0.3 is 11.1 Å². The van der Waals surface area contributed by atoms with E-state index in [9.17, 15) is 0 Å². The van der Waals surface area contributed by atoms with Gasteiger partial charge in [0.2, 0.25) is 5.96 Å². The molecule has 0 saturated heterocycles. The molecule has 0 spiro atoms. The maximum atomic E-state index is 5.21. The summed E-state index contributed by atoms with van der Waals surface area (Å²) in [5, 5.41) is 2.86. The van der Waals surface area contributed by atoms with Gasteiger partial charge in [0.05, 0.1) is 0 Å². The minimum Gasteiger partial charge on any atom is -0.353 e. The van der Waals surface area contributed by atoms with Crippen molar-refractivity contribution in [3.8, 4) is 0 Å². The zero-order valence-corrected chi connectivity index (χ0v) is 5.59. The maximum absolute atomic E-state index is 5.21. The third-order valence-electron chi connectivity index (χ3n) is 0.789. The molecule has 0 bridgehead atoms. The number of guanidine groups is 1. The Bertz CT molecular complexity index is 108. The first-order valence-electron chi connectivity index (χ1n) is 2.72. The van der Waals surface area contributed by atoms with Gasteiger partial charge in [-0.05, 0) is 6.72 Å². The minimum atomic E-state index is 0.542. The van der Waals surface area contributed by atoms with E-state index in [0.29, 0.717) is 19.0 Å². The van der Waals surface area contributed by atoms with Crippen molar-refractivity contribution >= 4 is 12.7 Å². The van der Waals surface area contributed by atoms with Crippen molar-refractivity contribution in [3.05, 3.63) is 0 Å². The molecular formula is C5H12N4. The first kappa shape index (κ1) is 8.10. The highest BCUT2D eigenvalue weighted by atomic mass is 15.1. The number of aliphatic imine (C=N–C) groups is 2. The van der Waals surface area contributed by atoms with E-state index >= 15 is 0 Å². The lowest BCUT2D eigenvalue weighted by Crippen LogP contribution is -2.27. The zero-order chi connectivity index (χ0) is 7.11. The van der Waals surface area contributed by atoms with E-state index in [2.05, 4.69) is 22.0 Å². The summed E-state index contributed by atoms with van der Waals surface area (Å²) in [6.45, 7) is 4.56. The summed E-state index contributed by atoms with van der Waals surface area (Å²) in [4.78, 5) is 7.34. The summed E-state index contributed by atoms with van der Waals surface area (Å²) in [6.07, 6.45) is 0. The number of nitrogens with two attached hydrogens (primary N) is 1. The van der Waals surface area contributed by atoms with Crippen LogP contribution in [-0.2, 0) is 0 Å². The lowest BCUT2D eigenvalue weighted by Gasteiger charge is -1.99. The molecule has 4 nitrogen and oxygen atoms in total. The van der Waals surface area contributed by atoms with E-state index < -0.39 is 0 Å². The largest absolute Gasteiger partial charge is 0.353 e. The highest BCUT2D eigenvalue weighted by molar-refractivity contribution is 5.83. The van der Waals surface area contributed by atoms with Crippen LogP contribution >= 0.6 is 0 Å². The average molecular weight is 128 g/mol. The smallest absolute Gasteiger partial charge is 0.217 e. The highest BCUT2D eigenvalue weighted by Gasteiger charge is 1.86. The third kappa shape index (κ3) is 3.66. The van der Waals surface area contributed by atoms with Crippen molar-refractivity contribution in [2.75, 3.05) is 20.1 Å². The van der Waals surface area contributed by atoms with Gasteiger partial charge in [-0.1, -0.05) is 0 Å². The number of hydrogen-bond acceptors (Lipinski definition) is 2. The molecule has 0 aromatic heterocycles. The highest BCUT2D eigenvalue weighted by Crippen LogP contribution is 1.68. The van der Waals surface area contributed by atoms with Crippen LogP contribution in [0.25, 0.3) is 0 Å². The van der Waals surface area contributed by atoms with Gasteiger partial charge in [-0.2, -0.15) is 0 Å². The van der Waals surface area contributed by atoms with Crippen molar-refractivity contribution in [2.24, 2.45) is 15.7 Å². The first-order chi connectivity index (χ1) is 4.35. The van der Waals surface area contributed by atoms with Crippen LogP contribution in [0.3, 0.4) is 0 Å². The second kappa shape index (κ2) is 5.24. The fourth-order valence-corrected chi connectivity index (χ4v) is 0.390. The Morgan fingerprint density at radius 2 is 2.44 bits per heavy atom. The Kier molecular flexibility index (Phi) is 4.72. The van der Waals surface area contributed by atoms with E-state index in [1.807, 2.05) is 0 Å². The standard InChI is InChI=1S/C5H12N4/c1-7-5(8-2)9-4-3-6/h1,3-4,6H2,2H3,(H,8,9). The van der Waals surface area contributed by atoms with Crippen molar-refractivity contribution in [2.45, 2.75) is 0 Å². The molecular weight excluding hydrogens is 116 g/mol. The van der Waals surface area contributed by atoms with E-state index in [1.54, 1.807) is 7.05 Å². The van der Waals surface area contributed by atoms with Gasteiger partial charge in [0.1, 0.15) is 0 Å². The summed E-state index contributed by atoms with van der Waals surface area (Å²) < 4.78 is 0. The van der Waals surface area contributed by atoms with Gasteiger partial charge in [0.25, 0.3) is 0 Å². The van der Waals surface area contributed by atoms with Crippen molar-refractivity contribution in [1.82, 2.24) is 5.32 Å². The average Bonchev–Trinajstić information content (AvgIpc) is 1.91. The molecule has 0 saturated carbocycles. The van der Waals surface area contributed by atoms with Crippen molar-refractivity contribution in [3.63, 3.8) is 0 Å². The molecule has 3 N–H and O–H groups in total. The molecule has 0 fully saturated rings. The number of nitrogens with one attached hydrogen (secondary N) is 1. The van der Waals surface area contributed by atoms with Crippen LogP contribution in [0.5, 0.6) is 0 Å². The van der Waals surface area contributed by atoms with Gasteiger partial charge >= 0.3 is 0 Å². The lowest BCUT2D eigenvalue weighted by molar-refractivity contribution is 0.867. The molecule has 9 heavy (non-hydrogen) atoms. The summed E-state index contributed by atoms with van der Waals surface area (Å²) in [7, 11) is 1.65. The second-order valence-corrected chi connectivity index (χ2v) is 1.42. The molecule has 0 rings (SSSR count). The first-order valence-corrected chi connectivity index (χ1v) is 2.72. The predicted octanol–water partition coefficient (Wildman–Crippen LogP) is -0.779. The molecule has 0 aliphatic heterocycles. The SMILES string of the molecule is C=NC(=NC)NCCN. The molecule has 4 heteroatoms. The third-order valence-corrected chi connectivity index (χ3v) is 0.789. The molecule has 0 atom stereocenters. The lowest BCUT2D eigenvalue weighted by atomic mass is 10.6. The molecule has 0 amide bonds. The second-order valence-electron chi connectivity index (χ2n) is 1.42.